The largest absolute Gasteiger partial charge is 0.480 e. The van der Waals surface area contributed by atoms with Gasteiger partial charge >= 0.3 is 0 Å². The van der Waals surface area contributed by atoms with Crippen molar-refractivity contribution in [3.8, 4) is 11.6 Å². The Hall–Kier alpha value is -3.24. The first kappa shape index (κ1) is 25.8. The number of aliphatic hydroxyl groups is 1. The lowest BCUT2D eigenvalue weighted by Gasteiger charge is -2.30. The number of fused-ring (bicyclic) bond motifs is 1. The van der Waals surface area contributed by atoms with Crippen molar-refractivity contribution >= 4 is 22.5 Å². The molecule has 0 aliphatic rings. The van der Waals surface area contributed by atoms with Crippen molar-refractivity contribution in [2.75, 3.05) is 13.7 Å². The van der Waals surface area contributed by atoms with Gasteiger partial charge in [0.15, 0.2) is 12.2 Å². The third-order valence-corrected chi connectivity index (χ3v) is 6.77. The van der Waals surface area contributed by atoms with E-state index in [0.29, 0.717) is 39.2 Å². The minimum atomic E-state index is -3.09. The number of nitrogens with zero attached hydrogens (tertiary/aromatic N) is 5. The molecule has 0 fully saturated rings. The molecule has 4 rings (SSSR count). The maximum atomic E-state index is 13.5. The topological polar surface area (TPSA) is 87.2 Å². The van der Waals surface area contributed by atoms with Crippen LogP contribution in [0.5, 0.6) is 11.6 Å². The molecule has 4 aromatic rings. The molecule has 1 atom stereocenters. The van der Waals surface area contributed by atoms with E-state index in [1.54, 1.807) is 36.1 Å². The molecule has 0 saturated carbocycles. The van der Waals surface area contributed by atoms with Crippen molar-refractivity contribution in [3.05, 3.63) is 63.5 Å². The Morgan fingerprint density at radius 2 is 1.86 bits per heavy atom. The number of aryl methyl sites for hydroxylation is 3. The maximum absolute atomic E-state index is 13.5. The van der Waals surface area contributed by atoms with E-state index in [4.69, 9.17) is 21.1 Å². The Kier molecular flexibility index (Phi) is 6.47. The van der Waals surface area contributed by atoms with E-state index in [1.807, 2.05) is 32.4 Å². The number of hydrogen-bond acceptors (Lipinski definition) is 6. The average molecular weight is 520 g/mol. The molecule has 3 aromatic heterocycles. The molecule has 1 unspecified atom stereocenters. The van der Waals surface area contributed by atoms with Crippen LogP contribution in [-0.2, 0) is 19.7 Å². The lowest BCUT2D eigenvalue weighted by atomic mass is 9.81. The summed E-state index contributed by atoms with van der Waals surface area (Å²) in [6.07, 6.45) is 1.62. The number of rotatable bonds is 7. The number of benzene rings is 1. The van der Waals surface area contributed by atoms with Gasteiger partial charge in [-0.2, -0.15) is 5.10 Å². The second-order valence-corrected chi connectivity index (χ2v) is 9.36. The minimum absolute atomic E-state index is 0.0130. The Morgan fingerprint density at radius 1 is 1.17 bits per heavy atom. The average Bonchev–Trinajstić information content (AvgIpc) is 3.28. The van der Waals surface area contributed by atoms with Gasteiger partial charge in [-0.15, -0.1) is 0 Å². The highest BCUT2D eigenvalue weighted by atomic mass is 35.5. The first-order valence-electron chi connectivity index (χ1n) is 11.2. The number of aromatic nitrogens is 5. The van der Waals surface area contributed by atoms with Crippen LogP contribution in [0.3, 0.4) is 0 Å². The van der Waals surface area contributed by atoms with Gasteiger partial charge in [-0.25, -0.2) is 18.7 Å². The number of methoxy groups -OCH3 is 1. The molecular formula is C25H28ClF2N5O3. The fourth-order valence-electron chi connectivity index (χ4n) is 4.43. The second-order valence-electron chi connectivity index (χ2n) is 8.98. The number of imidazole rings is 1. The van der Waals surface area contributed by atoms with Crippen LogP contribution < -0.4 is 9.47 Å². The molecule has 8 nitrogen and oxygen atoms in total. The zero-order valence-electron chi connectivity index (χ0n) is 21.2. The zero-order valence-corrected chi connectivity index (χ0v) is 21.9. The molecule has 36 heavy (non-hydrogen) atoms. The molecule has 0 aliphatic heterocycles. The second kappa shape index (κ2) is 9.01. The first-order chi connectivity index (χ1) is 16.8. The standard InChI is InChI=1S/C25H28ClF2N5O3/c1-13-20(14(2)33(6)31-13)25(34,19-11-29-15(3)32(19)5)16-8-9-18-17(10-16)21(26)22(23(30-18)35-7)36-12-24(4,27)28/h8-11,34H,12H2,1-7H3. The Labute approximate surface area is 212 Å². The summed E-state index contributed by atoms with van der Waals surface area (Å²) in [5.74, 6) is -2.48. The predicted octanol–water partition coefficient (Wildman–Crippen LogP) is 4.61. The molecule has 0 bridgehead atoms. The van der Waals surface area contributed by atoms with E-state index in [9.17, 15) is 13.9 Å². The van der Waals surface area contributed by atoms with Gasteiger partial charge in [0.1, 0.15) is 5.82 Å². The van der Waals surface area contributed by atoms with Crippen molar-refractivity contribution in [2.24, 2.45) is 14.1 Å². The van der Waals surface area contributed by atoms with Gasteiger partial charge in [0.2, 0.25) is 5.75 Å². The molecule has 1 N–H and O–H groups in total. The summed E-state index contributed by atoms with van der Waals surface area (Å²) in [6, 6.07) is 5.10. The number of alkyl halides is 2. The Balaban J connectivity index is 2.00. The molecule has 11 heteroatoms. The number of pyridine rings is 1. The van der Waals surface area contributed by atoms with Crippen molar-refractivity contribution in [1.82, 2.24) is 24.3 Å². The van der Waals surface area contributed by atoms with Crippen LogP contribution in [0.25, 0.3) is 10.9 Å². The summed E-state index contributed by atoms with van der Waals surface area (Å²) in [5.41, 5.74) is 1.79. The summed E-state index contributed by atoms with van der Waals surface area (Å²) in [6.45, 7) is 5.39. The summed E-state index contributed by atoms with van der Waals surface area (Å²) in [4.78, 5) is 8.79. The monoisotopic (exact) mass is 519 g/mol. The highest BCUT2D eigenvalue weighted by molar-refractivity contribution is 6.37. The van der Waals surface area contributed by atoms with Crippen LogP contribution in [0.2, 0.25) is 5.02 Å². The first-order valence-corrected chi connectivity index (χ1v) is 11.6. The van der Waals surface area contributed by atoms with Crippen molar-refractivity contribution in [2.45, 2.75) is 39.2 Å². The van der Waals surface area contributed by atoms with Crippen LogP contribution in [0, 0.1) is 20.8 Å². The fraction of sp³-hybridized carbons (Fsp3) is 0.400. The van der Waals surface area contributed by atoms with Crippen LogP contribution in [0.4, 0.5) is 8.78 Å². The lowest BCUT2D eigenvalue weighted by molar-refractivity contribution is -0.0235. The van der Waals surface area contributed by atoms with E-state index in [-0.39, 0.29) is 16.7 Å². The van der Waals surface area contributed by atoms with Gasteiger partial charge in [0.25, 0.3) is 11.8 Å². The van der Waals surface area contributed by atoms with Gasteiger partial charge in [-0.1, -0.05) is 17.7 Å². The normalized spacial score (nSPS) is 13.8. The summed E-state index contributed by atoms with van der Waals surface area (Å²) < 4.78 is 41.1. The van der Waals surface area contributed by atoms with Crippen LogP contribution in [0.1, 0.15) is 41.0 Å². The van der Waals surface area contributed by atoms with Gasteiger partial charge in [0.05, 0.1) is 35.2 Å². The van der Waals surface area contributed by atoms with Crippen molar-refractivity contribution in [1.29, 1.82) is 0 Å². The molecule has 1 aromatic carbocycles. The van der Waals surface area contributed by atoms with E-state index in [1.165, 1.54) is 7.11 Å². The Morgan fingerprint density at radius 3 is 2.39 bits per heavy atom. The number of hydrogen-bond donors (Lipinski definition) is 1. The molecule has 0 saturated heterocycles. The molecule has 0 amide bonds. The third-order valence-electron chi connectivity index (χ3n) is 6.39. The van der Waals surface area contributed by atoms with Crippen molar-refractivity contribution in [3.63, 3.8) is 0 Å². The molecule has 0 aliphatic carbocycles. The number of halogens is 3. The van der Waals surface area contributed by atoms with Crippen LogP contribution >= 0.6 is 11.6 Å². The minimum Gasteiger partial charge on any atom is -0.480 e. The van der Waals surface area contributed by atoms with Crippen LogP contribution in [0.15, 0.2) is 24.4 Å². The SMILES string of the molecule is COc1nc2ccc(C(O)(c3c(C)nn(C)c3C)c3cnc(C)n3C)cc2c(Cl)c1OCC(C)(F)F. The molecule has 0 radical (unpaired) electrons. The maximum Gasteiger partial charge on any atom is 0.278 e. The van der Waals surface area contributed by atoms with E-state index in [0.717, 1.165) is 12.6 Å². The summed E-state index contributed by atoms with van der Waals surface area (Å²) in [5, 5.41) is 17.5. The third kappa shape index (κ3) is 4.18. The van der Waals surface area contributed by atoms with Gasteiger partial charge in [-0.05, 0) is 38.5 Å². The van der Waals surface area contributed by atoms with Gasteiger partial charge in [0, 0.05) is 37.7 Å². The summed E-state index contributed by atoms with van der Waals surface area (Å²) in [7, 11) is 4.98. The highest BCUT2D eigenvalue weighted by Crippen LogP contribution is 2.44. The highest BCUT2D eigenvalue weighted by Gasteiger charge is 2.41. The number of ether oxygens (including phenoxy) is 2. The fourth-order valence-corrected chi connectivity index (χ4v) is 4.72. The smallest absolute Gasteiger partial charge is 0.278 e. The Bertz CT molecular complexity index is 1460. The summed E-state index contributed by atoms with van der Waals surface area (Å²) >= 11 is 6.66. The molecule has 3 heterocycles. The predicted molar refractivity (Wildman–Crippen MR) is 132 cm³/mol. The molecule has 192 valence electrons. The van der Waals surface area contributed by atoms with E-state index >= 15 is 0 Å². The lowest BCUT2D eigenvalue weighted by Crippen LogP contribution is -2.32. The van der Waals surface area contributed by atoms with Crippen molar-refractivity contribution < 1.29 is 23.4 Å². The molecular weight excluding hydrogens is 492 g/mol. The van der Waals surface area contributed by atoms with E-state index < -0.39 is 18.1 Å². The van der Waals surface area contributed by atoms with Crippen LogP contribution in [-0.4, -0.2) is 49.1 Å². The zero-order chi connectivity index (χ0) is 26.6. The quantitative estimate of drug-likeness (QED) is 0.384. The van der Waals surface area contributed by atoms with Gasteiger partial charge in [-0.3, -0.25) is 4.68 Å². The molecule has 0 spiro atoms. The van der Waals surface area contributed by atoms with E-state index in [2.05, 4.69) is 15.1 Å². The van der Waals surface area contributed by atoms with Gasteiger partial charge < -0.3 is 19.1 Å².